The number of benzene rings is 2. The fourth-order valence-electron chi connectivity index (χ4n) is 4.88. The Bertz CT molecular complexity index is 846. The Morgan fingerprint density at radius 1 is 0.459 bits per heavy atom. The van der Waals surface area contributed by atoms with Crippen molar-refractivity contribution < 1.29 is 16.5 Å². The molecule has 0 amide bonds. The summed E-state index contributed by atoms with van der Waals surface area (Å²) in [5.41, 5.74) is 10.3. The maximum absolute atomic E-state index is 5.33. The van der Waals surface area contributed by atoms with Gasteiger partial charge in [-0.1, -0.05) is 92.2 Å². The van der Waals surface area contributed by atoms with Crippen LogP contribution in [0.1, 0.15) is 128 Å². The Morgan fingerprint density at radius 2 is 0.757 bits per heavy atom. The molecule has 37 heavy (non-hydrogen) atoms. The van der Waals surface area contributed by atoms with Crippen molar-refractivity contribution in [2.75, 3.05) is 0 Å². The minimum absolute atomic E-state index is 0. The standard InChI is InChI=1S/C34H52N2.Ni/c1-7-13-19-33(35-31-23-27(15-9-3)21-28(24-31)16-10-4)34(20-14-8-2)36-32-25-29(17-11-5)22-30(26-32)18-12-6;/h21-26H,7-20H2,1-6H3;. The number of rotatable bonds is 17. The number of nitrogens with zero attached hydrogens (tertiary/aromatic N) is 2. The van der Waals surface area contributed by atoms with Crippen LogP contribution in [0.3, 0.4) is 0 Å². The normalized spacial score (nSPS) is 12.1. The Morgan fingerprint density at radius 3 is 1.00 bits per heavy atom. The van der Waals surface area contributed by atoms with Gasteiger partial charge in [0.2, 0.25) is 0 Å². The summed E-state index contributed by atoms with van der Waals surface area (Å²) in [4.78, 5) is 10.7. The molecule has 0 aliphatic heterocycles. The van der Waals surface area contributed by atoms with E-state index in [0.29, 0.717) is 0 Å². The van der Waals surface area contributed by atoms with Crippen molar-refractivity contribution in [2.45, 2.75) is 131 Å². The van der Waals surface area contributed by atoms with Crippen LogP contribution < -0.4 is 0 Å². The van der Waals surface area contributed by atoms with Crippen molar-refractivity contribution in [3.05, 3.63) is 58.7 Å². The number of hydrogen-bond donors (Lipinski definition) is 0. The fraction of sp³-hybridized carbons (Fsp3) is 0.588. The largest absolute Gasteiger partial charge is 0.252 e. The molecule has 0 radical (unpaired) electrons. The van der Waals surface area contributed by atoms with E-state index in [2.05, 4.69) is 77.9 Å². The summed E-state index contributed by atoms with van der Waals surface area (Å²) in [6, 6.07) is 14.0. The van der Waals surface area contributed by atoms with Crippen LogP contribution in [0, 0.1) is 0 Å². The first-order chi connectivity index (χ1) is 17.6. The summed E-state index contributed by atoms with van der Waals surface area (Å²) in [5, 5.41) is 0. The topological polar surface area (TPSA) is 24.7 Å². The van der Waals surface area contributed by atoms with Gasteiger partial charge in [-0.2, -0.15) is 0 Å². The average Bonchev–Trinajstić information content (AvgIpc) is 2.85. The van der Waals surface area contributed by atoms with E-state index in [0.717, 1.165) is 62.7 Å². The van der Waals surface area contributed by atoms with Gasteiger partial charge in [0.15, 0.2) is 0 Å². The molecule has 0 aliphatic carbocycles. The van der Waals surface area contributed by atoms with Crippen LogP contribution >= 0.6 is 0 Å². The molecule has 0 atom stereocenters. The minimum Gasteiger partial charge on any atom is -0.252 e. The van der Waals surface area contributed by atoms with Crippen LogP contribution in [0.25, 0.3) is 0 Å². The second-order valence-electron chi connectivity index (χ2n) is 10.3. The number of aliphatic imine (C=N–C) groups is 2. The van der Waals surface area contributed by atoms with Gasteiger partial charge in [-0.05, 0) is 97.9 Å². The molecule has 0 fully saturated rings. The monoisotopic (exact) mass is 546 g/mol. The minimum atomic E-state index is 0. The molecule has 0 aliphatic rings. The molecule has 0 heterocycles. The molecule has 0 saturated heterocycles. The zero-order valence-corrected chi connectivity index (χ0v) is 25.6. The Labute approximate surface area is 238 Å². The fourth-order valence-corrected chi connectivity index (χ4v) is 4.88. The third-order valence-corrected chi connectivity index (χ3v) is 6.62. The summed E-state index contributed by atoms with van der Waals surface area (Å²) in [6.07, 6.45) is 15.8. The van der Waals surface area contributed by atoms with Crippen LogP contribution in [0.5, 0.6) is 0 Å². The van der Waals surface area contributed by atoms with Crippen molar-refractivity contribution in [3.63, 3.8) is 0 Å². The predicted molar refractivity (Wildman–Crippen MR) is 162 cm³/mol. The zero-order chi connectivity index (χ0) is 26.2. The van der Waals surface area contributed by atoms with E-state index in [1.165, 1.54) is 72.2 Å². The zero-order valence-electron chi connectivity index (χ0n) is 24.6. The van der Waals surface area contributed by atoms with Crippen LogP contribution in [-0.2, 0) is 42.2 Å². The van der Waals surface area contributed by atoms with Crippen LogP contribution in [0.4, 0.5) is 11.4 Å². The molecule has 3 heteroatoms. The molecule has 0 saturated carbocycles. The van der Waals surface area contributed by atoms with Crippen molar-refractivity contribution in [1.82, 2.24) is 0 Å². The summed E-state index contributed by atoms with van der Waals surface area (Å²) >= 11 is 0. The van der Waals surface area contributed by atoms with Gasteiger partial charge in [-0.15, -0.1) is 0 Å². The Balaban J connectivity index is 0.00000684. The smallest absolute Gasteiger partial charge is 0.0639 e. The molecule has 0 spiro atoms. The van der Waals surface area contributed by atoms with E-state index in [1.807, 2.05) is 0 Å². The summed E-state index contributed by atoms with van der Waals surface area (Å²) in [7, 11) is 0. The third-order valence-electron chi connectivity index (χ3n) is 6.62. The molecule has 0 aromatic heterocycles. The molecular formula is C34H52N2Ni. The molecule has 0 unspecified atom stereocenters. The van der Waals surface area contributed by atoms with Gasteiger partial charge >= 0.3 is 0 Å². The third kappa shape index (κ3) is 12.1. The van der Waals surface area contributed by atoms with Gasteiger partial charge in [-0.25, -0.2) is 0 Å². The van der Waals surface area contributed by atoms with E-state index in [1.54, 1.807) is 0 Å². The number of hydrogen-bond acceptors (Lipinski definition) is 2. The van der Waals surface area contributed by atoms with Gasteiger partial charge in [0.25, 0.3) is 0 Å². The van der Waals surface area contributed by atoms with E-state index in [4.69, 9.17) is 9.98 Å². The second-order valence-corrected chi connectivity index (χ2v) is 10.3. The van der Waals surface area contributed by atoms with E-state index < -0.39 is 0 Å². The molecule has 0 bridgehead atoms. The first-order valence-electron chi connectivity index (χ1n) is 15.0. The maximum Gasteiger partial charge on any atom is 0.0639 e. The predicted octanol–water partition coefficient (Wildman–Crippen LogP) is 10.7. The van der Waals surface area contributed by atoms with Gasteiger partial charge < -0.3 is 0 Å². The Kier molecular flexibility index (Phi) is 17.4. The van der Waals surface area contributed by atoms with E-state index >= 15 is 0 Å². The first kappa shape index (κ1) is 33.3. The molecule has 2 aromatic rings. The number of unbranched alkanes of at least 4 members (excludes halogenated alkanes) is 2. The summed E-state index contributed by atoms with van der Waals surface area (Å²) in [6.45, 7) is 13.6. The maximum atomic E-state index is 5.33. The second kappa shape index (κ2) is 19.4. The molecule has 2 rings (SSSR count). The molecular weight excluding hydrogens is 495 g/mol. The Hall–Kier alpha value is -1.73. The number of aryl methyl sites for hydroxylation is 4. The van der Waals surface area contributed by atoms with Crippen molar-refractivity contribution >= 4 is 22.8 Å². The van der Waals surface area contributed by atoms with E-state index in [9.17, 15) is 0 Å². The van der Waals surface area contributed by atoms with Gasteiger partial charge in [0.05, 0.1) is 22.8 Å². The van der Waals surface area contributed by atoms with Gasteiger partial charge in [-0.3, -0.25) is 9.98 Å². The van der Waals surface area contributed by atoms with Crippen LogP contribution in [0.15, 0.2) is 46.4 Å². The van der Waals surface area contributed by atoms with Gasteiger partial charge in [0.1, 0.15) is 0 Å². The van der Waals surface area contributed by atoms with Crippen LogP contribution in [-0.4, -0.2) is 11.4 Å². The molecule has 0 N–H and O–H groups in total. The van der Waals surface area contributed by atoms with Crippen molar-refractivity contribution in [1.29, 1.82) is 0 Å². The first-order valence-corrected chi connectivity index (χ1v) is 15.0. The summed E-state index contributed by atoms with van der Waals surface area (Å²) < 4.78 is 0. The van der Waals surface area contributed by atoms with Gasteiger partial charge in [0, 0.05) is 16.5 Å². The average molecular weight is 547 g/mol. The van der Waals surface area contributed by atoms with Crippen LogP contribution in [0.2, 0.25) is 0 Å². The van der Waals surface area contributed by atoms with E-state index in [-0.39, 0.29) is 16.5 Å². The molecule has 208 valence electrons. The SMILES string of the molecule is CCCCC(=Nc1cc(CCC)cc(CCC)c1)C(CCCC)=Nc1cc(CCC)cc(CCC)c1.[Ni]. The molecule has 2 nitrogen and oxygen atoms in total. The quantitative estimate of drug-likeness (QED) is 0.139. The van der Waals surface area contributed by atoms with Crippen molar-refractivity contribution in [2.24, 2.45) is 9.98 Å². The van der Waals surface area contributed by atoms with Crippen molar-refractivity contribution in [3.8, 4) is 0 Å². The molecule has 2 aromatic carbocycles. The summed E-state index contributed by atoms with van der Waals surface area (Å²) in [5.74, 6) is 0.